The molecule has 0 radical (unpaired) electrons. The predicted molar refractivity (Wildman–Crippen MR) is 120 cm³/mol. The zero-order valence-electron chi connectivity index (χ0n) is 17.3. The predicted octanol–water partition coefficient (Wildman–Crippen LogP) is 1.40. The van der Waals surface area contributed by atoms with Gasteiger partial charge in [0, 0.05) is 19.5 Å². The summed E-state index contributed by atoms with van der Waals surface area (Å²) in [5.41, 5.74) is 0.0465. The second kappa shape index (κ2) is 7.71. The highest BCUT2D eigenvalue weighted by molar-refractivity contribution is 7.16. The fraction of sp³-hybridized carbons (Fsp3) is 0.429. The van der Waals surface area contributed by atoms with Crippen molar-refractivity contribution in [2.75, 3.05) is 18.9 Å². The summed E-state index contributed by atoms with van der Waals surface area (Å²) in [5, 5.41) is 27.3. The van der Waals surface area contributed by atoms with Crippen molar-refractivity contribution in [3.63, 3.8) is 0 Å². The quantitative estimate of drug-likeness (QED) is 0.423. The Balaban J connectivity index is 1.59. The number of hydrogen-bond donors (Lipinski definition) is 4. The van der Waals surface area contributed by atoms with Gasteiger partial charge in [0.25, 0.3) is 0 Å². The summed E-state index contributed by atoms with van der Waals surface area (Å²) < 4.78 is 2.39. The molecule has 0 aliphatic heterocycles. The second-order valence-electron chi connectivity index (χ2n) is 7.96. The van der Waals surface area contributed by atoms with Crippen molar-refractivity contribution in [3.8, 4) is 11.8 Å². The van der Waals surface area contributed by atoms with E-state index in [2.05, 4.69) is 37.4 Å². The number of nitrogens with zero attached hydrogens (tertiary/aromatic N) is 4. The number of rotatable bonds is 4. The van der Waals surface area contributed by atoms with Gasteiger partial charge in [-0.2, -0.15) is 0 Å². The van der Waals surface area contributed by atoms with Crippen LogP contribution in [-0.2, 0) is 4.79 Å². The van der Waals surface area contributed by atoms with E-state index in [1.165, 1.54) is 18.4 Å². The van der Waals surface area contributed by atoms with Crippen LogP contribution in [0.1, 0.15) is 30.1 Å². The van der Waals surface area contributed by atoms with E-state index in [4.69, 9.17) is 11.6 Å². The van der Waals surface area contributed by atoms with Gasteiger partial charge in [-0.25, -0.2) is 15.0 Å². The Morgan fingerprint density at radius 1 is 1.38 bits per heavy atom. The van der Waals surface area contributed by atoms with E-state index in [0.29, 0.717) is 40.1 Å². The van der Waals surface area contributed by atoms with E-state index < -0.39 is 23.7 Å². The lowest BCUT2D eigenvalue weighted by Crippen LogP contribution is -2.41. The summed E-state index contributed by atoms with van der Waals surface area (Å²) in [5.74, 6) is 6.34. The van der Waals surface area contributed by atoms with Crippen molar-refractivity contribution in [1.82, 2.24) is 24.8 Å². The molecule has 0 aromatic carbocycles. The average Bonchev–Trinajstić information content (AvgIpc) is 3.03. The van der Waals surface area contributed by atoms with Crippen LogP contribution in [0.2, 0.25) is 4.34 Å². The Labute approximate surface area is 192 Å². The SMILES string of the molecule is CCNc1nc(C#Cc2ccc(Cl)s2)nc2c1ncn2[C@H]1C(O)[C@H](O)[C@@]2(C(=O)NC)CC12. The number of amides is 1. The monoisotopic (exact) mass is 472 g/mol. The summed E-state index contributed by atoms with van der Waals surface area (Å²) in [6, 6.07) is 3.07. The third-order valence-electron chi connectivity index (χ3n) is 6.28. The summed E-state index contributed by atoms with van der Waals surface area (Å²) in [6.07, 6.45) is -0.210. The summed E-state index contributed by atoms with van der Waals surface area (Å²) >= 11 is 7.34. The zero-order chi connectivity index (χ0) is 22.6. The molecule has 2 unspecified atom stereocenters. The molecule has 0 bridgehead atoms. The molecule has 5 rings (SSSR count). The maximum atomic E-state index is 12.5. The molecular weight excluding hydrogens is 452 g/mol. The fourth-order valence-electron chi connectivity index (χ4n) is 4.77. The molecule has 2 fully saturated rings. The fourth-order valence-corrected chi connectivity index (χ4v) is 5.66. The number of anilines is 1. The van der Waals surface area contributed by atoms with E-state index in [-0.39, 0.29) is 11.8 Å². The van der Waals surface area contributed by atoms with Gasteiger partial charge in [0.15, 0.2) is 17.0 Å². The summed E-state index contributed by atoms with van der Waals surface area (Å²) in [4.78, 5) is 26.8. The minimum atomic E-state index is -1.16. The molecule has 11 heteroatoms. The maximum Gasteiger partial charge on any atom is 0.229 e. The molecule has 3 aromatic heterocycles. The topological polar surface area (TPSA) is 125 Å². The van der Waals surface area contributed by atoms with Gasteiger partial charge in [-0.1, -0.05) is 11.6 Å². The van der Waals surface area contributed by atoms with Gasteiger partial charge in [-0.3, -0.25) is 4.79 Å². The molecule has 3 aromatic rings. The zero-order valence-corrected chi connectivity index (χ0v) is 18.9. The minimum absolute atomic E-state index is 0.217. The molecule has 166 valence electrons. The van der Waals surface area contributed by atoms with Gasteiger partial charge in [-0.05, 0) is 37.3 Å². The molecule has 2 aliphatic rings. The third-order valence-corrected chi connectivity index (χ3v) is 7.43. The van der Waals surface area contributed by atoms with Crippen LogP contribution in [0.15, 0.2) is 18.5 Å². The lowest BCUT2D eigenvalue weighted by Gasteiger charge is -2.23. The van der Waals surface area contributed by atoms with Crippen LogP contribution in [0.5, 0.6) is 0 Å². The Morgan fingerprint density at radius 3 is 2.88 bits per heavy atom. The largest absolute Gasteiger partial charge is 0.389 e. The first kappa shape index (κ1) is 21.2. The Hall–Kier alpha value is -2.71. The Bertz CT molecular complexity index is 1280. The summed E-state index contributed by atoms with van der Waals surface area (Å²) in [6.45, 7) is 2.57. The van der Waals surface area contributed by atoms with Crippen LogP contribution in [-0.4, -0.2) is 61.4 Å². The van der Waals surface area contributed by atoms with E-state index >= 15 is 0 Å². The second-order valence-corrected chi connectivity index (χ2v) is 9.68. The number of nitrogens with one attached hydrogen (secondary N) is 2. The van der Waals surface area contributed by atoms with Gasteiger partial charge >= 0.3 is 0 Å². The highest BCUT2D eigenvalue weighted by Gasteiger charge is 2.75. The van der Waals surface area contributed by atoms with Crippen molar-refractivity contribution in [1.29, 1.82) is 0 Å². The maximum absolute atomic E-state index is 12.5. The standard InChI is InChI=1S/C21H21ClN6O3S/c1-3-24-18-14-19(27-13(26-18)7-5-10-4-6-12(22)32-10)28(9-25-14)15-11-8-21(11,20(31)23-2)17(30)16(15)29/h4,6,9,11,15-17,29-30H,3,8H2,1-2H3,(H,23,31)(H,24,26,27)/t11?,15-,16?,17+,21-/m1/s1. The molecule has 0 spiro atoms. The number of carbonyl (C=O) groups excluding carboxylic acids is 1. The lowest BCUT2D eigenvalue weighted by atomic mass is 9.98. The smallest absolute Gasteiger partial charge is 0.229 e. The van der Waals surface area contributed by atoms with Crippen molar-refractivity contribution in [2.24, 2.45) is 11.3 Å². The van der Waals surface area contributed by atoms with Crippen LogP contribution in [0.25, 0.3) is 11.2 Å². The molecule has 3 heterocycles. The Kier molecular flexibility index (Phi) is 5.09. The molecule has 2 saturated carbocycles. The molecule has 32 heavy (non-hydrogen) atoms. The number of aliphatic hydroxyl groups excluding tert-OH is 2. The van der Waals surface area contributed by atoms with Gasteiger partial charge in [-0.15, -0.1) is 11.3 Å². The normalized spacial score (nSPS) is 28.2. The molecule has 0 saturated heterocycles. The number of thiophene rings is 1. The molecule has 1 amide bonds. The van der Waals surface area contributed by atoms with Gasteiger partial charge in [0.2, 0.25) is 11.7 Å². The van der Waals surface area contributed by atoms with Crippen LogP contribution < -0.4 is 10.6 Å². The summed E-state index contributed by atoms with van der Waals surface area (Å²) in [7, 11) is 1.53. The molecule has 5 atom stereocenters. The highest BCUT2D eigenvalue weighted by Crippen LogP contribution is 2.67. The van der Waals surface area contributed by atoms with Gasteiger partial charge < -0.3 is 25.4 Å². The van der Waals surface area contributed by atoms with Gasteiger partial charge in [0.1, 0.15) is 6.10 Å². The van der Waals surface area contributed by atoms with Crippen molar-refractivity contribution in [2.45, 2.75) is 31.6 Å². The Morgan fingerprint density at radius 2 is 2.19 bits per heavy atom. The van der Waals surface area contributed by atoms with Crippen LogP contribution in [0, 0.1) is 23.2 Å². The first-order valence-corrected chi connectivity index (χ1v) is 11.4. The van der Waals surface area contributed by atoms with Crippen LogP contribution >= 0.6 is 22.9 Å². The van der Waals surface area contributed by atoms with E-state index in [0.717, 1.165) is 4.88 Å². The number of aliphatic hydroxyl groups is 2. The lowest BCUT2D eigenvalue weighted by molar-refractivity contribution is -0.132. The number of hydrogen-bond acceptors (Lipinski definition) is 8. The molecule has 4 N–H and O–H groups in total. The van der Waals surface area contributed by atoms with Crippen LogP contribution in [0.3, 0.4) is 0 Å². The van der Waals surface area contributed by atoms with E-state index in [1.807, 2.05) is 13.0 Å². The molecule has 9 nitrogen and oxygen atoms in total. The van der Waals surface area contributed by atoms with Crippen molar-refractivity contribution >= 4 is 45.8 Å². The van der Waals surface area contributed by atoms with Crippen LogP contribution in [0.4, 0.5) is 5.82 Å². The first-order valence-electron chi connectivity index (χ1n) is 10.2. The average molecular weight is 473 g/mol. The molecule has 2 aliphatic carbocycles. The molecular formula is C21H21ClN6O3S. The number of fused-ring (bicyclic) bond motifs is 2. The highest BCUT2D eigenvalue weighted by atomic mass is 35.5. The first-order chi connectivity index (χ1) is 15.4. The van der Waals surface area contributed by atoms with E-state index in [1.54, 1.807) is 17.0 Å². The number of halogens is 1. The minimum Gasteiger partial charge on any atom is -0.389 e. The third kappa shape index (κ3) is 3.08. The van der Waals surface area contributed by atoms with E-state index in [9.17, 15) is 15.0 Å². The number of aromatic nitrogens is 4. The van der Waals surface area contributed by atoms with Crippen molar-refractivity contribution in [3.05, 3.63) is 33.5 Å². The van der Waals surface area contributed by atoms with Crippen molar-refractivity contribution < 1.29 is 15.0 Å². The number of carbonyl (C=O) groups is 1. The van der Waals surface area contributed by atoms with Gasteiger partial charge in [0.05, 0.1) is 33.1 Å². The number of imidazole rings is 1.